The third-order valence-corrected chi connectivity index (χ3v) is 10.2. The zero-order chi connectivity index (χ0) is 27.5. The zero-order valence-electron chi connectivity index (χ0n) is 23.4. The van der Waals surface area contributed by atoms with Crippen LogP contribution in [0.4, 0.5) is 0 Å². The lowest BCUT2D eigenvalue weighted by molar-refractivity contribution is -0.159. The van der Waals surface area contributed by atoms with Crippen molar-refractivity contribution in [1.82, 2.24) is 0 Å². The highest BCUT2D eigenvalue weighted by molar-refractivity contribution is 9.09. The van der Waals surface area contributed by atoms with Crippen molar-refractivity contribution < 1.29 is 33.3 Å². The third kappa shape index (κ3) is 5.68. The molecule has 1 unspecified atom stereocenters. The van der Waals surface area contributed by atoms with E-state index in [1.54, 1.807) is 0 Å². The maximum atomic E-state index is 14.1. The molecule has 1 heterocycles. The number of esters is 1. The van der Waals surface area contributed by atoms with Gasteiger partial charge in [-0.15, -0.1) is 0 Å². The van der Waals surface area contributed by atoms with E-state index >= 15 is 0 Å². The van der Waals surface area contributed by atoms with E-state index in [-0.39, 0.29) is 18.0 Å². The second kappa shape index (κ2) is 12.6. The Kier molecular flexibility index (Phi) is 9.36. The first-order valence-electron chi connectivity index (χ1n) is 14.7. The van der Waals surface area contributed by atoms with Crippen molar-refractivity contribution in [3.05, 3.63) is 29.3 Å². The van der Waals surface area contributed by atoms with Gasteiger partial charge in [-0.1, -0.05) is 28.9 Å². The summed E-state index contributed by atoms with van der Waals surface area (Å²) < 4.78 is 28.4. The molecule has 0 amide bonds. The van der Waals surface area contributed by atoms with Gasteiger partial charge in [0.15, 0.2) is 12.1 Å². The summed E-state index contributed by atoms with van der Waals surface area (Å²) in [6.07, 6.45) is 7.69. The molecule has 0 bridgehead atoms. The molecule has 1 saturated heterocycles. The fourth-order valence-electron chi connectivity index (χ4n) is 7.89. The Labute approximate surface area is 240 Å². The molecule has 8 heteroatoms. The molecule has 6 atom stereocenters. The Hall–Kier alpha value is -1.48. The van der Waals surface area contributed by atoms with E-state index in [0.29, 0.717) is 51.1 Å². The average molecular weight is 608 g/mol. The summed E-state index contributed by atoms with van der Waals surface area (Å²) in [7, 11) is 1.40. The lowest BCUT2D eigenvalue weighted by Gasteiger charge is -2.48. The van der Waals surface area contributed by atoms with Gasteiger partial charge in [0.1, 0.15) is 11.2 Å². The first-order valence-corrected chi connectivity index (χ1v) is 15.8. The van der Waals surface area contributed by atoms with Crippen molar-refractivity contribution in [3.63, 3.8) is 0 Å². The van der Waals surface area contributed by atoms with Crippen molar-refractivity contribution in [2.75, 3.05) is 45.5 Å². The number of rotatable bonds is 11. The molecule has 2 saturated carbocycles. The number of halogens is 1. The van der Waals surface area contributed by atoms with Crippen LogP contribution in [0.5, 0.6) is 5.75 Å². The summed E-state index contributed by atoms with van der Waals surface area (Å²) >= 11 is 3.34. The number of carbonyl (C=O) groups excluding carboxylic acids is 2. The summed E-state index contributed by atoms with van der Waals surface area (Å²) in [5, 5.41) is 0.782. The molecule has 0 aromatic heterocycles. The molecular weight excluding hydrogens is 564 g/mol. The van der Waals surface area contributed by atoms with Crippen molar-refractivity contribution in [3.8, 4) is 5.75 Å². The molecule has 1 aliphatic heterocycles. The molecule has 0 spiro atoms. The molecule has 7 nitrogen and oxygen atoms in total. The fourth-order valence-corrected chi connectivity index (χ4v) is 8.12. The van der Waals surface area contributed by atoms with Gasteiger partial charge in [-0.3, -0.25) is 9.59 Å². The molecule has 0 N–H and O–H groups in total. The van der Waals surface area contributed by atoms with E-state index in [2.05, 4.69) is 41.1 Å². The van der Waals surface area contributed by atoms with Crippen LogP contribution < -0.4 is 4.74 Å². The lowest BCUT2D eigenvalue weighted by Crippen LogP contribution is -2.45. The Balaban J connectivity index is 1.30. The second-order valence-electron chi connectivity index (χ2n) is 11.9. The molecule has 1 aromatic carbocycles. The number of aryl methyl sites for hydroxylation is 1. The number of benzene rings is 1. The van der Waals surface area contributed by atoms with Crippen LogP contribution in [-0.2, 0) is 35.0 Å². The van der Waals surface area contributed by atoms with Gasteiger partial charge in [-0.2, -0.15) is 0 Å². The van der Waals surface area contributed by atoms with E-state index in [1.807, 2.05) is 0 Å². The van der Waals surface area contributed by atoms with Crippen LogP contribution in [0.3, 0.4) is 0 Å². The number of methoxy groups -OCH3 is 1. The molecule has 216 valence electrons. The molecule has 3 aliphatic carbocycles. The summed E-state index contributed by atoms with van der Waals surface area (Å²) in [5.74, 6) is 1.48. The maximum Gasteiger partial charge on any atom is 0.319 e. The first kappa shape index (κ1) is 29.0. The number of fused-ring (bicyclic) bond motifs is 5. The number of hydrogen-bond acceptors (Lipinski definition) is 7. The van der Waals surface area contributed by atoms with Gasteiger partial charge in [0.2, 0.25) is 0 Å². The van der Waals surface area contributed by atoms with Crippen molar-refractivity contribution >= 4 is 27.7 Å². The molecule has 1 aromatic rings. The minimum absolute atomic E-state index is 0.0615. The number of ether oxygens (including phenoxy) is 5. The number of ketones is 1. The standard InChI is InChI=1S/C31H43BrO7/c1-30-11-10-24-23-9-7-22(39-27-5-3-4-14-38-27)19-21(23)6-8-25(24)26(30)20-31(28(30)33,29(34)35-2)12-15-36-17-18-37-16-13-32/h7,9,19,24-27H,3-6,8,10-18,20H2,1-2H3/t24-,25-,26+,27?,30+,31+/m1/s1. The Bertz CT molecular complexity index is 1020. The monoisotopic (exact) mass is 606 g/mol. The summed E-state index contributed by atoms with van der Waals surface area (Å²) in [6, 6.07) is 6.53. The molecule has 3 fully saturated rings. The molecule has 4 aliphatic rings. The molecule has 5 rings (SSSR count). The minimum Gasteiger partial charge on any atom is -0.468 e. The SMILES string of the molecule is COC(=O)[C@@]1(CCOCCOCCBr)C[C@H]2[C@@H]3CCc4cc(OC5CCCCO5)ccc4[C@H]3CC[C@]2(C)C1=O. The number of hydrogen-bond donors (Lipinski definition) is 0. The lowest BCUT2D eigenvalue weighted by atomic mass is 9.55. The van der Waals surface area contributed by atoms with Crippen molar-refractivity contribution in [1.29, 1.82) is 0 Å². The van der Waals surface area contributed by atoms with E-state index in [0.717, 1.165) is 62.6 Å². The van der Waals surface area contributed by atoms with Crippen LogP contribution in [0.15, 0.2) is 18.2 Å². The van der Waals surface area contributed by atoms with E-state index < -0.39 is 16.8 Å². The molecule has 39 heavy (non-hydrogen) atoms. The third-order valence-electron chi connectivity index (χ3n) is 9.86. The topological polar surface area (TPSA) is 80.3 Å². The van der Waals surface area contributed by atoms with Crippen LogP contribution in [0.1, 0.15) is 75.3 Å². The predicted octanol–water partition coefficient (Wildman–Crippen LogP) is 5.60. The summed E-state index contributed by atoms with van der Waals surface area (Å²) in [4.78, 5) is 27.4. The quantitative estimate of drug-likeness (QED) is 0.140. The molecule has 0 radical (unpaired) electrons. The van der Waals surface area contributed by atoms with Crippen LogP contribution in [0.2, 0.25) is 0 Å². The van der Waals surface area contributed by atoms with Gasteiger partial charge in [0, 0.05) is 23.8 Å². The number of Topliss-reactive ketones (excluding diaryl/α,β-unsaturated/α-hetero) is 1. The normalized spacial score (nSPS) is 33.7. The minimum atomic E-state index is -1.13. The Morgan fingerprint density at radius 3 is 2.67 bits per heavy atom. The largest absolute Gasteiger partial charge is 0.468 e. The van der Waals surface area contributed by atoms with E-state index in [9.17, 15) is 9.59 Å². The number of carbonyl (C=O) groups is 2. The predicted molar refractivity (Wildman–Crippen MR) is 150 cm³/mol. The summed E-state index contributed by atoms with van der Waals surface area (Å²) in [5.41, 5.74) is 1.11. The van der Waals surface area contributed by atoms with Crippen molar-refractivity contribution in [2.24, 2.45) is 22.7 Å². The van der Waals surface area contributed by atoms with Gasteiger partial charge in [-0.25, -0.2) is 0 Å². The maximum absolute atomic E-state index is 14.1. The number of alkyl halides is 1. The van der Waals surface area contributed by atoms with Gasteiger partial charge in [0.05, 0.1) is 33.5 Å². The highest BCUT2D eigenvalue weighted by atomic mass is 79.9. The van der Waals surface area contributed by atoms with E-state index in [4.69, 9.17) is 23.7 Å². The van der Waals surface area contributed by atoms with Crippen LogP contribution in [-0.4, -0.2) is 63.5 Å². The Morgan fingerprint density at radius 1 is 1.10 bits per heavy atom. The highest BCUT2D eigenvalue weighted by Crippen LogP contribution is 2.64. The average Bonchev–Trinajstić information content (AvgIpc) is 3.19. The van der Waals surface area contributed by atoms with E-state index in [1.165, 1.54) is 18.2 Å². The molecular formula is C31H43BrO7. The second-order valence-corrected chi connectivity index (χ2v) is 12.7. The highest BCUT2D eigenvalue weighted by Gasteiger charge is 2.66. The fraction of sp³-hybridized carbons (Fsp3) is 0.742. The van der Waals surface area contributed by atoms with Crippen LogP contribution in [0, 0.1) is 22.7 Å². The Morgan fingerprint density at radius 2 is 1.92 bits per heavy atom. The van der Waals surface area contributed by atoms with Crippen LogP contribution in [0.25, 0.3) is 0 Å². The van der Waals surface area contributed by atoms with Gasteiger partial charge < -0.3 is 23.7 Å². The smallest absolute Gasteiger partial charge is 0.319 e. The van der Waals surface area contributed by atoms with Gasteiger partial charge in [-0.05, 0) is 92.4 Å². The summed E-state index contributed by atoms with van der Waals surface area (Å²) in [6.45, 7) is 4.78. The van der Waals surface area contributed by atoms with Crippen LogP contribution >= 0.6 is 15.9 Å². The first-order chi connectivity index (χ1) is 18.9. The van der Waals surface area contributed by atoms with Crippen molar-refractivity contribution in [2.45, 2.75) is 76.9 Å². The van der Waals surface area contributed by atoms with Gasteiger partial charge in [0.25, 0.3) is 0 Å². The van der Waals surface area contributed by atoms with Gasteiger partial charge >= 0.3 is 5.97 Å². The zero-order valence-corrected chi connectivity index (χ0v) is 25.0.